The molecule has 0 saturated carbocycles. The molecule has 3 aromatic rings. The lowest BCUT2D eigenvalue weighted by Gasteiger charge is -2.10. The molecule has 2 N–H and O–H groups in total. The van der Waals surface area contributed by atoms with E-state index in [1.165, 1.54) is 16.7 Å². The van der Waals surface area contributed by atoms with E-state index in [9.17, 15) is 14.7 Å². The third kappa shape index (κ3) is 4.00. The van der Waals surface area contributed by atoms with E-state index in [1.807, 2.05) is 37.3 Å². The van der Waals surface area contributed by atoms with E-state index in [2.05, 4.69) is 5.32 Å². The van der Waals surface area contributed by atoms with Gasteiger partial charge in [0.1, 0.15) is 5.75 Å². The second-order valence-electron chi connectivity index (χ2n) is 6.01. The summed E-state index contributed by atoms with van der Waals surface area (Å²) in [7, 11) is 0. The molecule has 0 bridgehead atoms. The zero-order valence-electron chi connectivity index (χ0n) is 14.5. The van der Waals surface area contributed by atoms with Gasteiger partial charge in [0.2, 0.25) is 0 Å². The molecule has 5 nitrogen and oxygen atoms in total. The quantitative estimate of drug-likeness (QED) is 0.742. The van der Waals surface area contributed by atoms with Crippen LogP contribution < -0.4 is 10.9 Å². The summed E-state index contributed by atoms with van der Waals surface area (Å²) in [5.41, 5.74) is 2.63. The number of carbonyl (C=O) groups is 1. The van der Waals surface area contributed by atoms with Gasteiger partial charge in [-0.3, -0.25) is 9.59 Å². The summed E-state index contributed by atoms with van der Waals surface area (Å²) in [4.78, 5) is 24.2. The zero-order chi connectivity index (χ0) is 18.5. The number of aromatic nitrogens is 1. The van der Waals surface area contributed by atoms with Gasteiger partial charge in [-0.1, -0.05) is 36.4 Å². The third-order valence-electron chi connectivity index (χ3n) is 4.14. The maximum absolute atomic E-state index is 12.6. The van der Waals surface area contributed by atoms with Gasteiger partial charge in [-0.05, 0) is 42.7 Å². The SMILES string of the molecule is CCn1cc(NC(=O)c2cc(Cc3ccccc3)ccc2O)ccc1=O. The molecule has 0 unspecified atom stereocenters. The first kappa shape index (κ1) is 17.5. The lowest BCUT2D eigenvalue weighted by Crippen LogP contribution is -2.20. The molecule has 0 atom stereocenters. The molecule has 0 aliphatic heterocycles. The van der Waals surface area contributed by atoms with Gasteiger partial charge >= 0.3 is 0 Å². The molecule has 1 heterocycles. The molecule has 1 amide bonds. The van der Waals surface area contributed by atoms with Crippen molar-refractivity contribution in [1.29, 1.82) is 0 Å². The summed E-state index contributed by atoms with van der Waals surface area (Å²) in [6, 6.07) is 17.9. The highest BCUT2D eigenvalue weighted by Crippen LogP contribution is 2.21. The number of hydrogen-bond acceptors (Lipinski definition) is 3. The van der Waals surface area contributed by atoms with Gasteiger partial charge in [0.25, 0.3) is 11.5 Å². The lowest BCUT2D eigenvalue weighted by molar-refractivity contribution is 0.102. The summed E-state index contributed by atoms with van der Waals surface area (Å²) in [5, 5.41) is 12.8. The van der Waals surface area contributed by atoms with Crippen LogP contribution in [-0.2, 0) is 13.0 Å². The Morgan fingerprint density at radius 1 is 1.04 bits per heavy atom. The van der Waals surface area contributed by atoms with Gasteiger partial charge in [-0.15, -0.1) is 0 Å². The first-order valence-electron chi connectivity index (χ1n) is 8.44. The van der Waals surface area contributed by atoms with Gasteiger partial charge in [0, 0.05) is 18.8 Å². The lowest BCUT2D eigenvalue weighted by atomic mass is 10.0. The fourth-order valence-corrected chi connectivity index (χ4v) is 2.76. The number of nitrogens with zero attached hydrogens (tertiary/aromatic N) is 1. The summed E-state index contributed by atoms with van der Waals surface area (Å²) in [6.45, 7) is 2.37. The number of aromatic hydroxyl groups is 1. The van der Waals surface area contributed by atoms with E-state index in [-0.39, 0.29) is 16.9 Å². The number of amides is 1. The van der Waals surface area contributed by atoms with Gasteiger partial charge in [0.05, 0.1) is 11.3 Å². The molecule has 132 valence electrons. The molecule has 0 aliphatic rings. The maximum Gasteiger partial charge on any atom is 0.259 e. The predicted molar refractivity (Wildman–Crippen MR) is 102 cm³/mol. The molecule has 1 aromatic heterocycles. The molecule has 0 radical (unpaired) electrons. The largest absolute Gasteiger partial charge is 0.507 e. The van der Waals surface area contributed by atoms with Crippen LogP contribution in [0.3, 0.4) is 0 Å². The Balaban J connectivity index is 1.82. The molecule has 0 fully saturated rings. The normalized spacial score (nSPS) is 10.5. The van der Waals surface area contributed by atoms with Crippen molar-refractivity contribution in [3.05, 3.63) is 93.9 Å². The van der Waals surface area contributed by atoms with Gasteiger partial charge in [0.15, 0.2) is 0 Å². The van der Waals surface area contributed by atoms with Gasteiger partial charge in [-0.25, -0.2) is 0 Å². The van der Waals surface area contributed by atoms with Gasteiger partial charge in [-0.2, -0.15) is 0 Å². The minimum absolute atomic E-state index is 0.0804. The number of benzene rings is 2. The number of nitrogens with one attached hydrogen (secondary N) is 1. The number of phenols is 1. The smallest absolute Gasteiger partial charge is 0.259 e. The molecule has 26 heavy (non-hydrogen) atoms. The van der Waals surface area contributed by atoms with E-state index >= 15 is 0 Å². The average Bonchev–Trinajstić information content (AvgIpc) is 2.65. The zero-order valence-corrected chi connectivity index (χ0v) is 14.5. The molecule has 5 heteroatoms. The highest BCUT2D eigenvalue weighted by Gasteiger charge is 2.13. The standard InChI is InChI=1S/C21H20N2O3/c1-2-23-14-17(9-11-20(23)25)22-21(26)18-13-16(8-10-19(18)24)12-15-6-4-3-5-7-15/h3-11,13-14,24H,2,12H2,1H3,(H,22,26). The van der Waals surface area contributed by atoms with Crippen molar-refractivity contribution in [2.45, 2.75) is 19.9 Å². The number of rotatable bonds is 5. The van der Waals surface area contributed by atoms with Crippen LogP contribution >= 0.6 is 0 Å². The predicted octanol–water partition coefficient (Wildman–Crippen LogP) is 3.42. The van der Waals surface area contributed by atoms with Crippen molar-refractivity contribution in [2.24, 2.45) is 0 Å². The Morgan fingerprint density at radius 3 is 2.54 bits per heavy atom. The number of hydrogen-bond donors (Lipinski definition) is 2. The minimum Gasteiger partial charge on any atom is -0.507 e. The Kier molecular flexibility index (Phi) is 5.17. The van der Waals surface area contributed by atoms with Crippen molar-refractivity contribution >= 4 is 11.6 Å². The van der Waals surface area contributed by atoms with Crippen LogP contribution in [-0.4, -0.2) is 15.6 Å². The van der Waals surface area contributed by atoms with Crippen LogP contribution in [0.15, 0.2) is 71.7 Å². The molecule has 0 aliphatic carbocycles. The Bertz CT molecular complexity index is 978. The summed E-state index contributed by atoms with van der Waals surface area (Å²) < 4.78 is 1.50. The molecular formula is C21H20N2O3. The van der Waals surface area contributed by atoms with E-state index in [0.717, 1.165) is 11.1 Å². The van der Waals surface area contributed by atoms with E-state index < -0.39 is 5.91 Å². The Morgan fingerprint density at radius 2 is 1.81 bits per heavy atom. The fraction of sp³-hybridized carbons (Fsp3) is 0.143. The molecule has 2 aromatic carbocycles. The summed E-state index contributed by atoms with van der Waals surface area (Å²) in [5.74, 6) is -0.498. The third-order valence-corrected chi connectivity index (χ3v) is 4.14. The van der Waals surface area contributed by atoms with E-state index in [1.54, 1.807) is 24.4 Å². The van der Waals surface area contributed by atoms with Crippen molar-refractivity contribution in [3.8, 4) is 5.75 Å². The summed E-state index contributed by atoms with van der Waals surface area (Å²) >= 11 is 0. The average molecular weight is 348 g/mol. The maximum atomic E-state index is 12.6. The monoisotopic (exact) mass is 348 g/mol. The number of aryl methyl sites for hydroxylation is 1. The van der Waals surface area contributed by atoms with E-state index in [0.29, 0.717) is 18.7 Å². The first-order chi connectivity index (χ1) is 12.6. The molecular weight excluding hydrogens is 328 g/mol. The van der Waals surface area contributed by atoms with Crippen LogP contribution in [0.1, 0.15) is 28.4 Å². The van der Waals surface area contributed by atoms with Crippen molar-refractivity contribution in [3.63, 3.8) is 0 Å². The fourth-order valence-electron chi connectivity index (χ4n) is 2.76. The number of pyridine rings is 1. The van der Waals surface area contributed by atoms with Crippen LogP contribution in [0.2, 0.25) is 0 Å². The molecule has 3 rings (SSSR count). The van der Waals surface area contributed by atoms with Crippen LogP contribution in [0.5, 0.6) is 5.75 Å². The second kappa shape index (κ2) is 7.70. The van der Waals surface area contributed by atoms with Crippen molar-refractivity contribution in [2.75, 3.05) is 5.32 Å². The number of anilines is 1. The molecule has 0 saturated heterocycles. The van der Waals surface area contributed by atoms with Crippen LogP contribution in [0, 0.1) is 0 Å². The van der Waals surface area contributed by atoms with Gasteiger partial charge < -0.3 is 15.0 Å². The van der Waals surface area contributed by atoms with E-state index in [4.69, 9.17) is 0 Å². The highest BCUT2D eigenvalue weighted by atomic mass is 16.3. The molecule has 0 spiro atoms. The highest BCUT2D eigenvalue weighted by molar-refractivity contribution is 6.06. The Labute approximate surface area is 151 Å². The van der Waals surface area contributed by atoms with Crippen LogP contribution in [0.4, 0.5) is 5.69 Å². The number of carbonyl (C=O) groups excluding carboxylic acids is 1. The topological polar surface area (TPSA) is 71.3 Å². The van der Waals surface area contributed by atoms with Crippen molar-refractivity contribution in [1.82, 2.24) is 4.57 Å². The van der Waals surface area contributed by atoms with Crippen LogP contribution in [0.25, 0.3) is 0 Å². The first-order valence-corrected chi connectivity index (χ1v) is 8.44. The summed E-state index contributed by atoms with van der Waals surface area (Å²) in [6.07, 6.45) is 2.26. The number of phenolic OH excluding ortho intramolecular Hbond substituents is 1. The second-order valence-corrected chi connectivity index (χ2v) is 6.01. The Hall–Kier alpha value is -3.34. The minimum atomic E-state index is -0.418. The van der Waals surface area contributed by atoms with Crippen molar-refractivity contribution < 1.29 is 9.90 Å².